The summed E-state index contributed by atoms with van der Waals surface area (Å²) in [4.78, 5) is 25.6. The van der Waals surface area contributed by atoms with Crippen LogP contribution in [0.25, 0.3) is 0 Å². The topological polar surface area (TPSA) is 102 Å². The van der Waals surface area contributed by atoms with Crippen LogP contribution in [-0.4, -0.2) is 73.7 Å². The maximum absolute atomic E-state index is 11.8. The Kier molecular flexibility index (Phi) is 8.21. The van der Waals surface area contributed by atoms with E-state index in [1.807, 2.05) is 24.3 Å². The zero-order valence-corrected chi connectivity index (χ0v) is 18.6. The molecule has 1 aromatic rings. The van der Waals surface area contributed by atoms with E-state index in [9.17, 15) is 9.59 Å². The lowest BCUT2D eigenvalue weighted by atomic mass is 10.2. The molecule has 31 heavy (non-hydrogen) atoms. The number of ether oxygens (including phenoxy) is 3. The lowest BCUT2D eigenvalue weighted by molar-refractivity contribution is -0.135. The van der Waals surface area contributed by atoms with E-state index < -0.39 is 11.9 Å². The number of methoxy groups -OCH3 is 1. The summed E-state index contributed by atoms with van der Waals surface area (Å²) in [5.41, 5.74) is 0.815. The number of amides is 1. The molecule has 2 aliphatic heterocycles. The number of carbonyl (C=O) groups excluding carboxylic acids is 2. The van der Waals surface area contributed by atoms with Gasteiger partial charge in [0.05, 0.1) is 30.4 Å². The van der Waals surface area contributed by atoms with Crippen molar-refractivity contribution in [3.05, 3.63) is 40.8 Å². The highest BCUT2D eigenvalue weighted by Crippen LogP contribution is 2.23. The summed E-state index contributed by atoms with van der Waals surface area (Å²) in [6, 6.07) is 7.53. The largest absolute Gasteiger partial charge is 0.492 e. The van der Waals surface area contributed by atoms with Crippen LogP contribution in [0.3, 0.4) is 0 Å². The van der Waals surface area contributed by atoms with E-state index in [4.69, 9.17) is 9.47 Å². The predicted octanol–water partition coefficient (Wildman–Crippen LogP) is 1.78. The van der Waals surface area contributed by atoms with Crippen LogP contribution in [0.5, 0.6) is 5.75 Å². The minimum atomic E-state index is -0.600. The molecule has 0 aromatic heterocycles. The number of thioether (sulfide) groups is 1. The zero-order chi connectivity index (χ0) is 22.2. The van der Waals surface area contributed by atoms with Crippen LogP contribution >= 0.6 is 11.8 Å². The number of nitrogens with zero attached hydrogens (tertiary/aromatic N) is 3. The van der Waals surface area contributed by atoms with Crippen molar-refractivity contribution < 1.29 is 23.8 Å². The molecule has 9 nitrogen and oxygen atoms in total. The second kappa shape index (κ2) is 11.1. The first kappa shape index (κ1) is 23.0. The third-order valence-electron chi connectivity index (χ3n) is 4.49. The fourth-order valence-corrected chi connectivity index (χ4v) is 3.97. The molecule has 0 spiro atoms. The second-order valence-corrected chi connectivity index (χ2v) is 8.21. The van der Waals surface area contributed by atoms with Gasteiger partial charge in [-0.2, -0.15) is 5.10 Å². The van der Waals surface area contributed by atoms with E-state index in [1.165, 1.54) is 7.11 Å². The Balaban J connectivity index is 1.50. The predicted molar refractivity (Wildman–Crippen MR) is 119 cm³/mol. The Morgan fingerprint density at radius 1 is 1.35 bits per heavy atom. The van der Waals surface area contributed by atoms with Crippen molar-refractivity contribution in [2.24, 2.45) is 10.2 Å². The molecule has 10 heteroatoms. The van der Waals surface area contributed by atoms with Gasteiger partial charge in [-0.25, -0.2) is 4.79 Å². The molecule has 2 aliphatic rings. The van der Waals surface area contributed by atoms with Crippen LogP contribution in [0.2, 0.25) is 0 Å². The molecule has 2 fully saturated rings. The highest BCUT2D eigenvalue weighted by atomic mass is 32.2. The fraction of sp³-hybridized carbons (Fsp3) is 0.429. The van der Waals surface area contributed by atoms with Crippen LogP contribution in [-0.2, 0) is 19.1 Å². The summed E-state index contributed by atoms with van der Waals surface area (Å²) >= 11 is 1.02. The first-order valence-electron chi connectivity index (χ1n) is 9.93. The van der Waals surface area contributed by atoms with Crippen LogP contribution in [0.4, 0.5) is 0 Å². The van der Waals surface area contributed by atoms with Gasteiger partial charge in [-0.05, 0) is 43.3 Å². The molecule has 2 saturated heterocycles. The Morgan fingerprint density at radius 3 is 2.87 bits per heavy atom. The molecule has 1 aromatic carbocycles. The summed E-state index contributed by atoms with van der Waals surface area (Å²) in [7, 11) is 1.25. The van der Waals surface area contributed by atoms with Gasteiger partial charge in [-0.3, -0.25) is 15.0 Å². The van der Waals surface area contributed by atoms with Gasteiger partial charge in [-0.15, -0.1) is 5.10 Å². The highest BCUT2D eigenvalue weighted by Gasteiger charge is 2.25. The van der Waals surface area contributed by atoms with Crippen molar-refractivity contribution in [1.82, 2.24) is 10.2 Å². The van der Waals surface area contributed by atoms with Crippen molar-refractivity contribution in [1.29, 1.82) is 0 Å². The number of hydrogen-bond acceptors (Lipinski definition) is 9. The average Bonchev–Trinajstić information content (AvgIpc) is 3.06. The monoisotopic (exact) mass is 446 g/mol. The number of carbonyl (C=O) groups is 2. The summed E-state index contributed by atoms with van der Waals surface area (Å²) < 4.78 is 16.2. The van der Waals surface area contributed by atoms with Gasteiger partial charge in [0.2, 0.25) is 0 Å². The molecule has 0 radical (unpaired) electrons. The number of amidine groups is 1. The Hall–Kier alpha value is -2.69. The quantitative estimate of drug-likeness (QED) is 0.295. The average molecular weight is 447 g/mol. The Labute approximate surface area is 185 Å². The summed E-state index contributed by atoms with van der Waals surface area (Å²) in [6.45, 7) is 7.41. The summed E-state index contributed by atoms with van der Waals surface area (Å²) in [6.07, 6.45) is 3.16. The number of morpholine rings is 1. The van der Waals surface area contributed by atoms with Crippen molar-refractivity contribution in [2.75, 3.05) is 33.4 Å². The minimum absolute atomic E-state index is 0.209. The molecule has 0 bridgehead atoms. The maximum atomic E-state index is 11.8. The summed E-state index contributed by atoms with van der Waals surface area (Å²) in [5, 5.41) is 10.8. The molecule has 2 heterocycles. The normalized spacial score (nSPS) is 24.7. The van der Waals surface area contributed by atoms with Crippen LogP contribution < -0.4 is 10.1 Å². The molecule has 2 atom stereocenters. The molecule has 2 unspecified atom stereocenters. The van der Waals surface area contributed by atoms with Gasteiger partial charge in [0.25, 0.3) is 5.91 Å². The second-order valence-electron chi connectivity index (χ2n) is 7.18. The third kappa shape index (κ3) is 7.20. The summed E-state index contributed by atoms with van der Waals surface area (Å²) in [5.74, 6) is -0.265. The van der Waals surface area contributed by atoms with Crippen molar-refractivity contribution in [3.63, 3.8) is 0 Å². The standard InChI is InChI=1S/C21H26N4O5S/c1-14-12-25(13-15(2)30-14)7-8-29-17-6-4-5-16(9-17)11-22-24-21-23-20(27)18(31-21)10-19(26)28-3/h4-6,9-11,14-15H,7-8,12-13H2,1-3H3,(H,23,24,27)/b18-10+,22-11?. The SMILES string of the molecule is COC(=O)/C=C1/S/C(=N\N=Cc2cccc(OCCN3CC(C)OC(C)C3)c2)NC1=O. The van der Waals surface area contributed by atoms with Crippen molar-refractivity contribution in [3.8, 4) is 5.75 Å². The van der Waals surface area contributed by atoms with Crippen LogP contribution in [0.1, 0.15) is 19.4 Å². The number of rotatable bonds is 7. The lowest BCUT2D eigenvalue weighted by Gasteiger charge is -2.35. The van der Waals surface area contributed by atoms with Crippen LogP contribution in [0, 0.1) is 0 Å². The van der Waals surface area contributed by atoms with Gasteiger partial charge in [0.1, 0.15) is 12.4 Å². The van der Waals surface area contributed by atoms with Crippen molar-refractivity contribution in [2.45, 2.75) is 26.1 Å². The van der Waals surface area contributed by atoms with Gasteiger partial charge in [0.15, 0.2) is 5.17 Å². The lowest BCUT2D eigenvalue weighted by Crippen LogP contribution is -2.46. The van der Waals surface area contributed by atoms with Gasteiger partial charge in [0, 0.05) is 25.7 Å². The molecule has 1 amide bonds. The van der Waals surface area contributed by atoms with Crippen molar-refractivity contribution >= 4 is 35.0 Å². The van der Waals surface area contributed by atoms with E-state index in [0.717, 1.165) is 48.8 Å². The number of benzene rings is 1. The molecule has 166 valence electrons. The maximum Gasteiger partial charge on any atom is 0.331 e. The van der Waals surface area contributed by atoms with Gasteiger partial charge >= 0.3 is 5.97 Å². The van der Waals surface area contributed by atoms with E-state index in [0.29, 0.717) is 6.61 Å². The smallest absolute Gasteiger partial charge is 0.331 e. The first-order valence-corrected chi connectivity index (χ1v) is 10.7. The fourth-order valence-electron chi connectivity index (χ4n) is 3.23. The van der Waals surface area contributed by atoms with Crippen LogP contribution in [0.15, 0.2) is 45.4 Å². The molecular weight excluding hydrogens is 420 g/mol. The van der Waals surface area contributed by atoms with E-state index >= 15 is 0 Å². The zero-order valence-electron chi connectivity index (χ0n) is 17.7. The Bertz CT molecular complexity index is 892. The van der Waals surface area contributed by atoms with E-state index in [-0.39, 0.29) is 22.3 Å². The molecule has 0 saturated carbocycles. The molecule has 3 rings (SSSR count). The minimum Gasteiger partial charge on any atom is -0.492 e. The number of esters is 1. The van der Waals surface area contributed by atoms with Gasteiger partial charge in [-0.1, -0.05) is 12.1 Å². The van der Waals surface area contributed by atoms with E-state index in [2.05, 4.69) is 39.0 Å². The molecule has 0 aliphatic carbocycles. The number of hydrogen-bond donors (Lipinski definition) is 1. The Morgan fingerprint density at radius 2 is 2.13 bits per heavy atom. The number of nitrogens with one attached hydrogen (secondary N) is 1. The first-order chi connectivity index (χ1) is 14.9. The molecule has 1 N–H and O–H groups in total. The highest BCUT2D eigenvalue weighted by molar-refractivity contribution is 8.18. The van der Waals surface area contributed by atoms with E-state index in [1.54, 1.807) is 6.21 Å². The third-order valence-corrected chi connectivity index (χ3v) is 5.39. The molecular formula is C21H26N4O5S. The van der Waals surface area contributed by atoms with Gasteiger partial charge < -0.3 is 14.2 Å².